The number of hydrogen-bond donors (Lipinski definition) is 1. The molecule has 1 aliphatic rings. The van der Waals surface area contributed by atoms with Crippen LogP contribution in [0.15, 0.2) is 12.3 Å². The fraction of sp³-hybridized carbons (Fsp3) is 0.643. The smallest absolute Gasteiger partial charge is 0.277 e. The summed E-state index contributed by atoms with van der Waals surface area (Å²) < 4.78 is 0. The lowest BCUT2D eigenvalue weighted by molar-refractivity contribution is -0.385. The van der Waals surface area contributed by atoms with Crippen molar-refractivity contribution in [3.8, 4) is 0 Å². The van der Waals surface area contributed by atoms with Crippen molar-refractivity contribution in [2.75, 3.05) is 31.1 Å². The third kappa shape index (κ3) is 3.45. The van der Waals surface area contributed by atoms with E-state index in [0.29, 0.717) is 17.3 Å². The second-order valence-electron chi connectivity index (χ2n) is 5.32. The Hall–Kier alpha value is -1.69. The molecule has 0 spiro atoms. The maximum absolute atomic E-state index is 11.0. The molecule has 1 fully saturated rings. The van der Waals surface area contributed by atoms with Gasteiger partial charge in [-0.05, 0) is 45.7 Å². The summed E-state index contributed by atoms with van der Waals surface area (Å²) in [5.41, 5.74) is 0.760. The standard InChI is InChI=1S/C14H22N4O2/c1-3-17(10-12-4-6-15-7-5-12)14-8-13(18(19)20)11(2)9-16-14/h8-9,12,15H,3-7,10H2,1-2H3. The van der Waals surface area contributed by atoms with Crippen molar-refractivity contribution in [3.05, 3.63) is 27.9 Å². The van der Waals surface area contributed by atoms with Gasteiger partial charge in [-0.25, -0.2) is 4.98 Å². The third-order valence-corrected chi connectivity index (χ3v) is 3.90. The Kier molecular flexibility index (Phi) is 4.89. The van der Waals surface area contributed by atoms with Crippen LogP contribution in [0.25, 0.3) is 0 Å². The van der Waals surface area contributed by atoms with Crippen LogP contribution in [-0.4, -0.2) is 36.1 Å². The van der Waals surface area contributed by atoms with Crippen molar-refractivity contribution in [2.45, 2.75) is 26.7 Å². The first-order valence-corrected chi connectivity index (χ1v) is 7.18. The Bertz CT molecular complexity index is 472. The van der Waals surface area contributed by atoms with Crippen LogP contribution in [0, 0.1) is 23.0 Å². The Morgan fingerprint density at radius 2 is 2.20 bits per heavy atom. The number of aromatic nitrogens is 1. The van der Waals surface area contributed by atoms with Gasteiger partial charge in [0.2, 0.25) is 0 Å². The first kappa shape index (κ1) is 14.7. The van der Waals surface area contributed by atoms with E-state index in [0.717, 1.165) is 39.0 Å². The second kappa shape index (κ2) is 6.65. The summed E-state index contributed by atoms with van der Waals surface area (Å²) in [5.74, 6) is 1.35. The molecule has 1 aromatic heterocycles. The lowest BCUT2D eigenvalue weighted by Crippen LogP contribution is -2.36. The number of nitrogens with zero attached hydrogens (tertiary/aromatic N) is 3. The van der Waals surface area contributed by atoms with Crippen LogP contribution >= 0.6 is 0 Å². The molecule has 1 aromatic rings. The molecular weight excluding hydrogens is 256 g/mol. The lowest BCUT2D eigenvalue weighted by atomic mass is 9.97. The Morgan fingerprint density at radius 1 is 1.50 bits per heavy atom. The fourth-order valence-electron chi connectivity index (χ4n) is 2.63. The van der Waals surface area contributed by atoms with E-state index in [1.54, 1.807) is 19.2 Å². The molecule has 0 aliphatic carbocycles. The number of anilines is 1. The molecule has 6 nitrogen and oxygen atoms in total. The number of piperidine rings is 1. The van der Waals surface area contributed by atoms with Gasteiger partial charge in [0.15, 0.2) is 0 Å². The van der Waals surface area contributed by atoms with E-state index in [1.165, 1.54) is 0 Å². The summed E-state index contributed by atoms with van der Waals surface area (Å²) in [6.07, 6.45) is 3.91. The quantitative estimate of drug-likeness (QED) is 0.660. The first-order chi connectivity index (χ1) is 9.61. The summed E-state index contributed by atoms with van der Waals surface area (Å²) in [6, 6.07) is 1.60. The topological polar surface area (TPSA) is 71.3 Å². The van der Waals surface area contributed by atoms with Crippen LogP contribution in [0.2, 0.25) is 0 Å². The monoisotopic (exact) mass is 278 g/mol. The normalized spacial score (nSPS) is 16.1. The van der Waals surface area contributed by atoms with Gasteiger partial charge in [0.05, 0.1) is 11.0 Å². The molecule has 2 rings (SSSR count). The predicted octanol–water partition coefficient (Wildman–Crippen LogP) is 2.12. The molecule has 0 aromatic carbocycles. The van der Waals surface area contributed by atoms with Crippen LogP contribution in [0.3, 0.4) is 0 Å². The number of nitro groups is 1. The van der Waals surface area contributed by atoms with Gasteiger partial charge < -0.3 is 10.2 Å². The zero-order valence-electron chi connectivity index (χ0n) is 12.1. The number of rotatable bonds is 5. The Labute approximate surface area is 119 Å². The van der Waals surface area contributed by atoms with Gasteiger partial charge in [-0.1, -0.05) is 0 Å². The van der Waals surface area contributed by atoms with Gasteiger partial charge in [-0.2, -0.15) is 0 Å². The summed E-state index contributed by atoms with van der Waals surface area (Å²) in [7, 11) is 0. The molecule has 2 heterocycles. The highest BCUT2D eigenvalue weighted by Gasteiger charge is 2.19. The van der Waals surface area contributed by atoms with Crippen LogP contribution in [0.5, 0.6) is 0 Å². The molecule has 1 aliphatic heterocycles. The molecule has 6 heteroatoms. The zero-order chi connectivity index (χ0) is 14.5. The molecule has 20 heavy (non-hydrogen) atoms. The maximum Gasteiger partial charge on any atom is 0.277 e. The summed E-state index contributed by atoms with van der Waals surface area (Å²) >= 11 is 0. The SMILES string of the molecule is CCN(CC1CCNCC1)c1cc([N+](=O)[O-])c(C)cn1. The minimum Gasteiger partial charge on any atom is -0.356 e. The van der Waals surface area contributed by atoms with E-state index in [4.69, 9.17) is 0 Å². The zero-order valence-corrected chi connectivity index (χ0v) is 12.1. The van der Waals surface area contributed by atoms with Crippen molar-refractivity contribution in [3.63, 3.8) is 0 Å². The average molecular weight is 278 g/mol. The van der Waals surface area contributed by atoms with E-state index in [2.05, 4.69) is 22.1 Å². The minimum atomic E-state index is -0.334. The van der Waals surface area contributed by atoms with E-state index < -0.39 is 0 Å². The maximum atomic E-state index is 11.0. The molecule has 110 valence electrons. The summed E-state index contributed by atoms with van der Waals surface area (Å²) in [4.78, 5) is 17.2. The first-order valence-electron chi connectivity index (χ1n) is 7.18. The fourth-order valence-corrected chi connectivity index (χ4v) is 2.63. The van der Waals surface area contributed by atoms with Gasteiger partial charge in [0.25, 0.3) is 5.69 Å². The molecule has 0 bridgehead atoms. The van der Waals surface area contributed by atoms with E-state index in [-0.39, 0.29) is 10.6 Å². The number of nitrogens with one attached hydrogen (secondary N) is 1. The Balaban J connectivity index is 2.14. The van der Waals surface area contributed by atoms with Gasteiger partial charge in [-0.15, -0.1) is 0 Å². The molecule has 0 unspecified atom stereocenters. The molecule has 0 atom stereocenters. The van der Waals surface area contributed by atoms with Gasteiger partial charge >= 0.3 is 0 Å². The largest absolute Gasteiger partial charge is 0.356 e. The van der Waals surface area contributed by atoms with Crippen LogP contribution in [-0.2, 0) is 0 Å². The van der Waals surface area contributed by atoms with Gasteiger partial charge in [0, 0.05) is 24.8 Å². The molecule has 0 saturated carbocycles. The molecule has 0 amide bonds. The van der Waals surface area contributed by atoms with E-state index >= 15 is 0 Å². The van der Waals surface area contributed by atoms with Crippen LogP contribution in [0.1, 0.15) is 25.3 Å². The number of hydrogen-bond acceptors (Lipinski definition) is 5. The molecular formula is C14H22N4O2. The molecule has 1 saturated heterocycles. The van der Waals surface area contributed by atoms with Crippen molar-refractivity contribution < 1.29 is 4.92 Å². The summed E-state index contributed by atoms with van der Waals surface area (Å²) in [6.45, 7) is 7.64. The molecule has 1 N–H and O–H groups in total. The van der Waals surface area contributed by atoms with Crippen molar-refractivity contribution >= 4 is 11.5 Å². The average Bonchev–Trinajstić information content (AvgIpc) is 2.46. The van der Waals surface area contributed by atoms with E-state index in [9.17, 15) is 10.1 Å². The minimum absolute atomic E-state index is 0.152. The summed E-state index contributed by atoms with van der Waals surface area (Å²) in [5, 5.41) is 14.4. The lowest BCUT2D eigenvalue weighted by Gasteiger charge is -2.30. The Morgan fingerprint density at radius 3 is 2.80 bits per heavy atom. The van der Waals surface area contributed by atoms with Crippen molar-refractivity contribution in [1.29, 1.82) is 0 Å². The van der Waals surface area contributed by atoms with E-state index in [1.807, 2.05) is 0 Å². The van der Waals surface area contributed by atoms with Gasteiger partial charge in [-0.3, -0.25) is 10.1 Å². The van der Waals surface area contributed by atoms with Crippen LogP contribution < -0.4 is 10.2 Å². The van der Waals surface area contributed by atoms with Crippen LogP contribution in [0.4, 0.5) is 11.5 Å². The second-order valence-corrected chi connectivity index (χ2v) is 5.32. The molecule has 0 radical (unpaired) electrons. The number of aryl methyl sites for hydroxylation is 1. The highest BCUT2D eigenvalue weighted by molar-refractivity contribution is 5.50. The van der Waals surface area contributed by atoms with Crippen molar-refractivity contribution in [2.24, 2.45) is 5.92 Å². The van der Waals surface area contributed by atoms with Crippen molar-refractivity contribution in [1.82, 2.24) is 10.3 Å². The highest BCUT2D eigenvalue weighted by atomic mass is 16.6. The predicted molar refractivity (Wildman–Crippen MR) is 79.1 cm³/mol. The highest BCUT2D eigenvalue weighted by Crippen LogP contribution is 2.24. The third-order valence-electron chi connectivity index (χ3n) is 3.90. The number of pyridine rings is 1. The van der Waals surface area contributed by atoms with Gasteiger partial charge in [0.1, 0.15) is 5.82 Å².